The molecule has 0 saturated carbocycles. The van der Waals surface area contributed by atoms with Crippen molar-refractivity contribution in [2.45, 2.75) is 6.04 Å². The van der Waals surface area contributed by atoms with E-state index >= 15 is 0 Å². The molecule has 0 radical (unpaired) electrons. The van der Waals surface area contributed by atoms with Crippen LogP contribution in [0, 0.1) is 0 Å². The number of rotatable bonds is 5. The molecule has 2 N–H and O–H groups in total. The van der Waals surface area contributed by atoms with Crippen molar-refractivity contribution < 1.29 is 29.3 Å². The molecule has 1 saturated heterocycles. The number of methoxy groups -OCH3 is 2. The molecular weight excluding hydrogens is 410 g/mol. The highest BCUT2D eigenvalue weighted by Crippen LogP contribution is 2.44. The van der Waals surface area contributed by atoms with Gasteiger partial charge in [-0.05, 0) is 42.0 Å². The minimum atomic E-state index is -0.932. The van der Waals surface area contributed by atoms with Gasteiger partial charge in [0.05, 0.1) is 25.8 Å². The van der Waals surface area contributed by atoms with E-state index in [-0.39, 0.29) is 22.8 Å². The normalized spacial score (nSPS) is 17.4. The third kappa shape index (κ3) is 3.54. The van der Waals surface area contributed by atoms with Gasteiger partial charge in [-0.1, -0.05) is 36.4 Å². The number of phenolic OH excluding ortho intramolecular Hbond substituents is 1. The summed E-state index contributed by atoms with van der Waals surface area (Å²) in [7, 11) is 2.94. The molecule has 162 valence electrons. The summed E-state index contributed by atoms with van der Waals surface area (Å²) in [5.74, 6) is -1.17. The Balaban J connectivity index is 1.95. The van der Waals surface area contributed by atoms with E-state index in [2.05, 4.69) is 0 Å². The number of aromatic hydroxyl groups is 1. The zero-order chi connectivity index (χ0) is 22.8. The van der Waals surface area contributed by atoms with Gasteiger partial charge >= 0.3 is 0 Å². The number of Topliss-reactive ketones (excluding diaryl/α,β-unsaturated/α-hetero) is 1. The van der Waals surface area contributed by atoms with Crippen molar-refractivity contribution in [2.75, 3.05) is 19.1 Å². The molecule has 1 fully saturated rings. The highest BCUT2D eigenvalue weighted by Gasteiger charge is 2.47. The third-order valence-corrected chi connectivity index (χ3v) is 5.36. The van der Waals surface area contributed by atoms with Gasteiger partial charge in [-0.25, -0.2) is 0 Å². The minimum Gasteiger partial charge on any atom is -0.507 e. The Hall–Kier alpha value is -4.26. The quantitative estimate of drug-likeness (QED) is 0.360. The van der Waals surface area contributed by atoms with Crippen LogP contribution in [0.1, 0.15) is 17.2 Å². The number of hydrogen-bond donors (Lipinski definition) is 2. The van der Waals surface area contributed by atoms with Crippen LogP contribution in [0.2, 0.25) is 0 Å². The van der Waals surface area contributed by atoms with Crippen molar-refractivity contribution in [3.05, 3.63) is 89.5 Å². The fraction of sp³-hybridized carbons (Fsp3) is 0.120. The Kier molecular flexibility index (Phi) is 5.55. The van der Waals surface area contributed by atoms with Gasteiger partial charge in [0.25, 0.3) is 11.7 Å². The van der Waals surface area contributed by atoms with Gasteiger partial charge in [0.15, 0.2) is 11.5 Å². The number of anilines is 1. The zero-order valence-corrected chi connectivity index (χ0v) is 17.5. The molecule has 1 aliphatic rings. The van der Waals surface area contributed by atoms with Gasteiger partial charge in [-0.3, -0.25) is 14.5 Å². The first-order valence-electron chi connectivity index (χ1n) is 9.83. The van der Waals surface area contributed by atoms with E-state index in [1.165, 1.54) is 25.2 Å². The lowest BCUT2D eigenvalue weighted by atomic mass is 9.95. The molecule has 3 aromatic rings. The van der Waals surface area contributed by atoms with Crippen molar-refractivity contribution in [3.8, 4) is 17.2 Å². The van der Waals surface area contributed by atoms with Crippen LogP contribution in [0.25, 0.3) is 5.76 Å². The average Bonchev–Trinajstić information content (AvgIpc) is 3.10. The maximum Gasteiger partial charge on any atom is 0.300 e. The second kappa shape index (κ2) is 8.47. The highest BCUT2D eigenvalue weighted by atomic mass is 16.5. The summed E-state index contributed by atoms with van der Waals surface area (Å²) in [5, 5.41) is 21.1. The number of carbonyl (C=O) groups is 2. The average molecular weight is 431 g/mol. The van der Waals surface area contributed by atoms with E-state index in [4.69, 9.17) is 9.47 Å². The molecule has 4 rings (SSSR count). The number of hydrogen-bond acceptors (Lipinski definition) is 6. The first kappa shape index (κ1) is 21.0. The largest absolute Gasteiger partial charge is 0.507 e. The first-order valence-corrected chi connectivity index (χ1v) is 9.83. The monoisotopic (exact) mass is 431 g/mol. The van der Waals surface area contributed by atoms with Crippen LogP contribution in [0.4, 0.5) is 5.69 Å². The Morgan fingerprint density at radius 1 is 0.906 bits per heavy atom. The predicted octanol–water partition coefficient (Wildman–Crippen LogP) is 4.04. The van der Waals surface area contributed by atoms with Gasteiger partial charge in [0.1, 0.15) is 11.5 Å². The summed E-state index contributed by atoms with van der Waals surface area (Å²) in [6.45, 7) is 0. The summed E-state index contributed by atoms with van der Waals surface area (Å²) in [5.41, 5.74) is 1.31. The first-order chi connectivity index (χ1) is 15.5. The van der Waals surface area contributed by atoms with Crippen LogP contribution in [-0.4, -0.2) is 36.1 Å². The standard InChI is InChI=1S/C25H21NO6/c1-31-18-11-9-17(10-12-18)26-22(16-8-13-19(27)20(14-16)32-2)21(24(29)25(26)30)23(28)15-6-4-3-5-7-15/h3-14,22,27-28H,1-2H3/b23-21-. The lowest BCUT2D eigenvalue weighted by Gasteiger charge is -2.26. The van der Waals surface area contributed by atoms with Gasteiger partial charge in [0.2, 0.25) is 0 Å². The van der Waals surface area contributed by atoms with Crippen LogP contribution in [0.3, 0.4) is 0 Å². The molecule has 1 amide bonds. The maximum absolute atomic E-state index is 13.1. The minimum absolute atomic E-state index is 0.0511. The number of aliphatic hydroxyl groups is 1. The van der Waals surface area contributed by atoms with E-state index in [9.17, 15) is 19.8 Å². The number of carbonyl (C=O) groups excluding carboxylic acids is 2. The molecule has 7 heteroatoms. The summed E-state index contributed by atoms with van der Waals surface area (Å²) >= 11 is 0. The van der Waals surface area contributed by atoms with E-state index in [1.807, 2.05) is 0 Å². The van der Waals surface area contributed by atoms with E-state index in [0.717, 1.165) is 0 Å². The van der Waals surface area contributed by atoms with Crippen molar-refractivity contribution in [3.63, 3.8) is 0 Å². The van der Waals surface area contributed by atoms with Crippen LogP contribution < -0.4 is 14.4 Å². The molecular formula is C25H21NO6. The van der Waals surface area contributed by atoms with Crippen LogP contribution in [0.15, 0.2) is 78.4 Å². The van der Waals surface area contributed by atoms with Crippen LogP contribution >= 0.6 is 0 Å². The molecule has 1 heterocycles. The zero-order valence-electron chi connectivity index (χ0n) is 17.5. The van der Waals surface area contributed by atoms with E-state index in [1.54, 1.807) is 66.7 Å². The Morgan fingerprint density at radius 3 is 2.22 bits per heavy atom. The molecule has 0 aromatic heterocycles. The van der Waals surface area contributed by atoms with Crippen molar-refractivity contribution >= 4 is 23.1 Å². The summed E-state index contributed by atoms with van der Waals surface area (Å²) in [6.07, 6.45) is 0. The molecule has 1 unspecified atom stereocenters. The lowest BCUT2D eigenvalue weighted by molar-refractivity contribution is -0.132. The smallest absolute Gasteiger partial charge is 0.300 e. The van der Waals surface area contributed by atoms with Gasteiger partial charge in [-0.15, -0.1) is 0 Å². The molecule has 1 atom stereocenters. The van der Waals surface area contributed by atoms with Crippen molar-refractivity contribution in [2.24, 2.45) is 0 Å². The molecule has 3 aromatic carbocycles. The van der Waals surface area contributed by atoms with Gasteiger partial charge in [0, 0.05) is 11.3 Å². The number of amides is 1. The maximum atomic E-state index is 13.1. The summed E-state index contributed by atoms with van der Waals surface area (Å²) in [6, 6.07) is 18.9. The number of ether oxygens (including phenoxy) is 2. The Morgan fingerprint density at radius 2 is 1.59 bits per heavy atom. The Labute approximate surface area is 184 Å². The van der Waals surface area contributed by atoms with Gasteiger partial charge in [-0.2, -0.15) is 0 Å². The van der Waals surface area contributed by atoms with Crippen LogP contribution in [0.5, 0.6) is 17.2 Å². The molecule has 0 aliphatic carbocycles. The fourth-order valence-electron chi connectivity index (χ4n) is 3.77. The number of aliphatic hydroxyl groups excluding tert-OH is 1. The molecule has 1 aliphatic heterocycles. The second-order valence-corrected chi connectivity index (χ2v) is 7.16. The van der Waals surface area contributed by atoms with Gasteiger partial charge < -0.3 is 19.7 Å². The third-order valence-electron chi connectivity index (χ3n) is 5.36. The molecule has 7 nitrogen and oxygen atoms in total. The summed E-state index contributed by atoms with van der Waals surface area (Å²) in [4.78, 5) is 27.6. The number of benzene rings is 3. The fourth-order valence-corrected chi connectivity index (χ4v) is 3.77. The predicted molar refractivity (Wildman–Crippen MR) is 119 cm³/mol. The Bertz CT molecular complexity index is 1200. The number of nitrogens with zero attached hydrogens (tertiary/aromatic N) is 1. The topological polar surface area (TPSA) is 96.3 Å². The van der Waals surface area contributed by atoms with E-state index in [0.29, 0.717) is 22.6 Å². The van der Waals surface area contributed by atoms with Crippen molar-refractivity contribution in [1.82, 2.24) is 0 Å². The van der Waals surface area contributed by atoms with Crippen LogP contribution in [-0.2, 0) is 9.59 Å². The second-order valence-electron chi connectivity index (χ2n) is 7.16. The lowest BCUT2D eigenvalue weighted by Crippen LogP contribution is -2.29. The van der Waals surface area contributed by atoms with E-state index < -0.39 is 17.7 Å². The SMILES string of the molecule is COc1ccc(N2C(=O)C(=O)/C(=C(\O)c3ccccc3)C2c2ccc(O)c(OC)c2)cc1. The molecule has 0 bridgehead atoms. The number of phenols is 1. The number of ketones is 1. The highest BCUT2D eigenvalue weighted by molar-refractivity contribution is 6.51. The van der Waals surface area contributed by atoms with Crippen molar-refractivity contribution in [1.29, 1.82) is 0 Å². The molecule has 0 spiro atoms. The summed E-state index contributed by atoms with van der Waals surface area (Å²) < 4.78 is 10.4. The molecule has 32 heavy (non-hydrogen) atoms.